The Morgan fingerprint density at radius 2 is 2.11 bits per heavy atom. The summed E-state index contributed by atoms with van der Waals surface area (Å²) in [7, 11) is 1.85. The number of oxime groups is 1. The predicted octanol–water partition coefficient (Wildman–Crippen LogP) is 1.75. The molecule has 0 radical (unpaired) electrons. The highest BCUT2D eigenvalue weighted by Gasteiger charge is 2.25. The zero-order valence-corrected chi connectivity index (χ0v) is 12.3. The normalized spacial score (nSPS) is 12.6. The first-order valence-electron chi connectivity index (χ1n) is 5.45. The number of amidine groups is 1. The zero-order valence-electron chi connectivity index (χ0n) is 10.7. The Labute approximate surface area is 115 Å². The molecule has 4 N–H and O–H groups in total. The monoisotopic (exact) mass is 315 g/mol. The van der Waals surface area contributed by atoms with Crippen molar-refractivity contribution in [1.29, 1.82) is 0 Å². The lowest BCUT2D eigenvalue weighted by atomic mass is 10.0. The molecule has 1 aromatic rings. The first-order valence-corrected chi connectivity index (χ1v) is 6.25. The van der Waals surface area contributed by atoms with Crippen LogP contribution in [-0.4, -0.2) is 35.3 Å². The molecule has 6 heteroatoms. The van der Waals surface area contributed by atoms with Crippen molar-refractivity contribution in [2.24, 2.45) is 10.9 Å². The standard InChI is InChI=1S/C12H18BrN3O2/c1-12(2,7-17)16(3)10-6-8(13)4-5-9(10)11(14)15-18/h4-6,17-18H,7H2,1-3H3,(H2,14,15). The number of hydrogen-bond acceptors (Lipinski definition) is 4. The fraction of sp³-hybridized carbons (Fsp3) is 0.417. The molecule has 5 nitrogen and oxygen atoms in total. The summed E-state index contributed by atoms with van der Waals surface area (Å²) in [6.07, 6.45) is 0. The molecule has 0 spiro atoms. The number of nitrogens with two attached hydrogens (primary N) is 1. The number of rotatable bonds is 4. The maximum absolute atomic E-state index is 9.42. The van der Waals surface area contributed by atoms with Crippen LogP contribution in [0.4, 0.5) is 5.69 Å². The van der Waals surface area contributed by atoms with E-state index in [1.54, 1.807) is 6.07 Å². The Balaban J connectivity index is 3.34. The minimum absolute atomic E-state index is 0.00831. The highest BCUT2D eigenvalue weighted by Crippen LogP contribution is 2.29. The molecule has 0 aromatic heterocycles. The molecule has 0 fully saturated rings. The van der Waals surface area contributed by atoms with Gasteiger partial charge in [-0.05, 0) is 32.0 Å². The summed E-state index contributed by atoms with van der Waals surface area (Å²) < 4.78 is 0.882. The van der Waals surface area contributed by atoms with Crippen LogP contribution in [0.1, 0.15) is 19.4 Å². The van der Waals surface area contributed by atoms with Crippen molar-refractivity contribution < 1.29 is 10.3 Å². The van der Waals surface area contributed by atoms with Gasteiger partial charge in [-0.25, -0.2) is 0 Å². The van der Waals surface area contributed by atoms with E-state index in [0.29, 0.717) is 5.56 Å². The summed E-state index contributed by atoms with van der Waals surface area (Å²) in [5.74, 6) is 0.0399. The average Bonchev–Trinajstić information content (AvgIpc) is 2.36. The maximum atomic E-state index is 9.42. The van der Waals surface area contributed by atoms with Crippen molar-refractivity contribution in [1.82, 2.24) is 0 Å². The lowest BCUT2D eigenvalue weighted by Gasteiger charge is -2.37. The van der Waals surface area contributed by atoms with E-state index in [4.69, 9.17) is 10.9 Å². The third-order valence-electron chi connectivity index (χ3n) is 3.00. The van der Waals surface area contributed by atoms with Crippen molar-refractivity contribution in [2.45, 2.75) is 19.4 Å². The second-order valence-corrected chi connectivity index (χ2v) is 5.59. The number of likely N-dealkylation sites (N-methyl/N-ethyl adjacent to an activating group) is 1. The Morgan fingerprint density at radius 3 is 2.61 bits per heavy atom. The largest absolute Gasteiger partial charge is 0.409 e. The summed E-state index contributed by atoms with van der Waals surface area (Å²) in [6, 6.07) is 5.44. The van der Waals surface area contributed by atoms with Gasteiger partial charge in [0.05, 0.1) is 12.1 Å². The number of anilines is 1. The van der Waals surface area contributed by atoms with Crippen LogP contribution in [0, 0.1) is 0 Å². The lowest BCUT2D eigenvalue weighted by Crippen LogP contribution is -2.45. The summed E-state index contributed by atoms with van der Waals surface area (Å²) in [6.45, 7) is 3.81. The molecule has 18 heavy (non-hydrogen) atoms. The van der Waals surface area contributed by atoms with Crippen LogP contribution in [0.25, 0.3) is 0 Å². The number of halogens is 1. The lowest BCUT2D eigenvalue weighted by molar-refractivity contribution is 0.216. The molecule has 0 unspecified atom stereocenters. The zero-order chi connectivity index (χ0) is 13.9. The molecular formula is C12H18BrN3O2. The average molecular weight is 316 g/mol. The molecule has 0 atom stereocenters. The summed E-state index contributed by atoms with van der Waals surface area (Å²) >= 11 is 3.39. The Kier molecular flexibility index (Phi) is 4.59. The van der Waals surface area contributed by atoms with Gasteiger partial charge < -0.3 is 20.9 Å². The van der Waals surface area contributed by atoms with E-state index >= 15 is 0 Å². The molecule has 0 saturated heterocycles. The van der Waals surface area contributed by atoms with E-state index in [1.165, 1.54) is 0 Å². The molecule has 0 aliphatic carbocycles. The van der Waals surface area contributed by atoms with Crippen molar-refractivity contribution in [2.75, 3.05) is 18.6 Å². The molecular weight excluding hydrogens is 298 g/mol. The van der Waals surface area contributed by atoms with Gasteiger partial charge in [-0.15, -0.1) is 0 Å². The van der Waals surface area contributed by atoms with E-state index in [2.05, 4.69) is 21.1 Å². The second-order valence-electron chi connectivity index (χ2n) is 4.68. The minimum Gasteiger partial charge on any atom is -0.409 e. The van der Waals surface area contributed by atoms with Crippen LogP contribution in [0.3, 0.4) is 0 Å². The van der Waals surface area contributed by atoms with Gasteiger partial charge >= 0.3 is 0 Å². The Morgan fingerprint density at radius 1 is 1.50 bits per heavy atom. The summed E-state index contributed by atoms with van der Waals surface area (Å²) in [4.78, 5) is 1.89. The van der Waals surface area contributed by atoms with Crippen LogP contribution in [0.2, 0.25) is 0 Å². The third kappa shape index (κ3) is 2.94. The van der Waals surface area contributed by atoms with Crippen LogP contribution >= 0.6 is 15.9 Å². The van der Waals surface area contributed by atoms with Crippen LogP contribution in [0.5, 0.6) is 0 Å². The first kappa shape index (κ1) is 14.8. The van der Waals surface area contributed by atoms with Crippen molar-refractivity contribution in [3.05, 3.63) is 28.2 Å². The van der Waals surface area contributed by atoms with Crippen LogP contribution in [-0.2, 0) is 0 Å². The molecule has 100 valence electrons. The predicted molar refractivity (Wildman–Crippen MR) is 76.2 cm³/mol. The highest BCUT2D eigenvalue weighted by molar-refractivity contribution is 9.10. The maximum Gasteiger partial charge on any atom is 0.172 e. The van der Waals surface area contributed by atoms with Crippen LogP contribution < -0.4 is 10.6 Å². The Bertz CT molecular complexity index is 461. The van der Waals surface area contributed by atoms with Crippen LogP contribution in [0.15, 0.2) is 27.8 Å². The van der Waals surface area contributed by atoms with Gasteiger partial charge in [0.1, 0.15) is 0 Å². The van der Waals surface area contributed by atoms with Gasteiger partial charge in [-0.1, -0.05) is 21.1 Å². The summed E-state index contributed by atoms with van der Waals surface area (Å²) in [5.41, 5.74) is 6.60. The molecule has 0 saturated carbocycles. The molecule has 0 heterocycles. The SMILES string of the molecule is CN(c1cc(Br)ccc1/C(N)=N/O)C(C)(C)CO. The third-order valence-corrected chi connectivity index (χ3v) is 3.49. The van der Waals surface area contributed by atoms with Gasteiger partial charge in [0, 0.05) is 22.8 Å². The molecule has 1 aromatic carbocycles. The van der Waals surface area contributed by atoms with E-state index in [-0.39, 0.29) is 12.4 Å². The van der Waals surface area contributed by atoms with Crippen molar-refractivity contribution >= 4 is 27.5 Å². The molecule has 0 aliphatic heterocycles. The van der Waals surface area contributed by atoms with Gasteiger partial charge in [0.2, 0.25) is 0 Å². The molecule has 0 amide bonds. The molecule has 1 rings (SSSR count). The number of benzene rings is 1. The molecule has 0 aliphatic rings. The second kappa shape index (κ2) is 5.58. The number of nitrogens with zero attached hydrogens (tertiary/aromatic N) is 2. The van der Waals surface area contributed by atoms with Gasteiger partial charge in [0.15, 0.2) is 5.84 Å². The quantitative estimate of drug-likeness (QED) is 0.342. The number of hydrogen-bond donors (Lipinski definition) is 3. The smallest absolute Gasteiger partial charge is 0.172 e. The minimum atomic E-state index is -0.453. The highest BCUT2D eigenvalue weighted by atomic mass is 79.9. The van der Waals surface area contributed by atoms with E-state index in [0.717, 1.165) is 10.2 Å². The van der Waals surface area contributed by atoms with Crippen molar-refractivity contribution in [3.8, 4) is 0 Å². The molecule has 0 bridgehead atoms. The van der Waals surface area contributed by atoms with Gasteiger partial charge in [-0.3, -0.25) is 0 Å². The van der Waals surface area contributed by atoms with E-state index in [1.807, 2.05) is 37.9 Å². The fourth-order valence-corrected chi connectivity index (χ4v) is 1.83. The number of aliphatic hydroxyl groups excluding tert-OH is 1. The van der Waals surface area contributed by atoms with E-state index in [9.17, 15) is 5.11 Å². The van der Waals surface area contributed by atoms with E-state index < -0.39 is 5.54 Å². The fourth-order valence-electron chi connectivity index (χ4n) is 1.48. The Hall–Kier alpha value is -1.27. The topological polar surface area (TPSA) is 82.1 Å². The summed E-state index contributed by atoms with van der Waals surface area (Å²) in [5, 5.41) is 21.3. The first-order chi connectivity index (χ1) is 8.33. The number of aliphatic hydroxyl groups is 1. The van der Waals surface area contributed by atoms with Crippen molar-refractivity contribution in [3.63, 3.8) is 0 Å². The van der Waals surface area contributed by atoms with Gasteiger partial charge in [0.25, 0.3) is 0 Å². The van der Waals surface area contributed by atoms with Gasteiger partial charge in [-0.2, -0.15) is 0 Å².